The second-order valence-electron chi connectivity index (χ2n) is 5.96. The van der Waals surface area contributed by atoms with Crippen LogP contribution in [0.5, 0.6) is 5.75 Å². The molecule has 0 spiro atoms. The van der Waals surface area contributed by atoms with Crippen LogP contribution < -0.4 is 4.74 Å². The summed E-state index contributed by atoms with van der Waals surface area (Å²) in [6.45, 7) is 1.59. The topological polar surface area (TPSA) is 62.2 Å². The first-order valence-electron chi connectivity index (χ1n) is 7.82. The van der Waals surface area contributed by atoms with Gasteiger partial charge in [0.1, 0.15) is 5.75 Å². The number of aliphatic hydroxyl groups is 1. The molecule has 0 unspecified atom stereocenters. The van der Waals surface area contributed by atoms with Crippen molar-refractivity contribution in [3.8, 4) is 5.75 Å². The Morgan fingerprint density at radius 3 is 2.61 bits per heavy atom. The zero-order valence-electron chi connectivity index (χ0n) is 14.1. The standard InChI is InChI=1S/C17H26N2O4/c1-18(9-13-4-6-15(22-2)7-5-13)17(21)11-19-10-16(23-3)8-14(19)12-20/h4-7,14,16,20H,8-12H2,1-3H3/t14-,16-/m0/s1. The predicted octanol–water partition coefficient (Wildman–Crippen LogP) is 0.735. The number of methoxy groups -OCH3 is 2. The Bertz CT molecular complexity index is 506. The molecule has 1 saturated heterocycles. The van der Waals surface area contributed by atoms with Crippen LogP contribution in [0.4, 0.5) is 0 Å². The van der Waals surface area contributed by atoms with Gasteiger partial charge in [0.15, 0.2) is 0 Å². The first-order chi connectivity index (χ1) is 11.1. The number of hydrogen-bond acceptors (Lipinski definition) is 5. The average Bonchev–Trinajstić information content (AvgIpc) is 2.97. The molecule has 1 N–H and O–H groups in total. The molecule has 0 aromatic heterocycles. The number of ether oxygens (including phenoxy) is 2. The zero-order valence-corrected chi connectivity index (χ0v) is 14.1. The quantitative estimate of drug-likeness (QED) is 0.802. The Kier molecular flexibility index (Phi) is 6.38. The van der Waals surface area contributed by atoms with Gasteiger partial charge in [-0.1, -0.05) is 12.1 Å². The molecule has 0 radical (unpaired) electrons. The van der Waals surface area contributed by atoms with E-state index in [1.165, 1.54) is 0 Å². The molecule has 0 bridgehead atoms. The Balaban J connectivity index is 1.88. The smallest absolute Gasteiger partial charge is 0.236 e. The Morgan fingerprint density at radius 1 is 1.35 bits per heavy atom. The summed E-state index contributed by atoms with van der Waals surface area (Å²) in [6, 6.07) is 7.68. The van der Waals surface area contributed by atoms with Crippen LogP contribution in [-0.2, 0) is 16.1 Å². The van der Waals surface area contributed by atoms with Gasteiger partial charge in [-0.05, 0) is 24.1 Å². The third-order valence-corrected chi connectivity index (χ3v) is 4.38. The van der Waals surface area contributed by atoms with E-state index in [4.69, 9.17) is 9.47 Å². The van der Waals surface area contributed by atoms with E-state index in [9.17, 15) is 9.90 Å². The molecule has 1 heterocycles. The van der Waals surface area contributed by atoms with Crippen LogP contribution in [0.1, 0.15) is 12.0 Å². The van der Waals surface area contributed by atoms with E-state index in [2.05, 4.69) is 0 Å². The highest BCUT2D eigenvalue weighted by atomic mass is 16.5. The zero-order chi connectivity index (χ0) is 16.8. The number of nitrogens with zero attached hydrogens (tertiary/aromatic N) is 2. The molecule has 1 amide bonds. The maximum atomic E-state index is 12.4. The molecule has 2 atom stereocenters. The van der Waals surface area contributed by atoms with Crippen molar-refractivity contribution in [2.24, 2.45) is 0 Å². The molecule has 1 fully saturated rings. The van der Waals surface area contributed by atoms with Crippen molar-refractivity contribution in [1.82, 2.24) is 9.80 Å². The van der Waals surface area contributed by atoms with Crippen molar-refractivity contribution in [3.05, 3.63) is 29.8 Å². The maximum absolute atomic E-state index is 12.4. The number of benzene rings is 1. The summed E-state index contributed by atoms with van der Waals surface area (Å²) in [5.41, 5.74) is 1.05. The number of carbonyl (C=O) groups is 1. The molecular weight excluding hydrogens is 296 g/mol. The van der Waals surface area contributed by atoms with Gasteiger partial charge in [0.25, 0.3) is 0 Å². The summed E-state index contributed by atoms with van der Waals surface area (Å²) >= 11 is 0. The molecule has 1 aliphatic rings. The van der Waals surface area contributed by atoms with E-state index < -0.39 is 0 Å². The van der Waals surface area contributed by atoms with Gasteiger partial charge in [-0.3, -0.25) is 9.69 Å². The van der Waals surface area contributed by atoms with Gasteiger partial charge in [-0.2, -0.15) is 0 Å². The fourth-order valence-electron chi connectivity index (χ4n) is 2.88. The van der Waals surface area contributed by atoms with Gasteiger partial charge in [0.05, 0.1) is 26.4 Å². The van der Waals surface area contributed by atoms with E-state index >= 15 is 0 Å². The minimum absolute atomic E-state index is 0.00159. The van der Waals surface area contributed by atoms with E-state index in [0.717, 1.165) is 17.7 Å². The van der Waals surface area contributed by atoms with E-state index in [1.807, 2.05) is 29.2 Å². The molecule has 128 valence electrons. The maximum Gasteiger partial charge on any atom is 0.236 e. The first kappa shape index (κ1) is 17.7. The van der Waals surface area contributed by atoms with Crippen LogP contribution in [0, 0.1) is 0 Å². The fourth-order valence-corrected chi connectivity index (χ4v) is 2.88. The van der Waals surface area contributed by atoms with Crippen molar-refractivity contribution < 1.29 is 19.4 Å². The van der Waals surface area contributed by atoms with Crippen molar-refractivity contribution in [2.75, 3.05) is 41.0 Å². The normalized spacial score (nSPS) is 21.4. The number of likely N-dealkylation sites (N-methyl/N-ethyl adjacent to an activating group) is 1. The lowest BCUT2D eigenvalue weighted by Gasteiger charge is -2.25. The summed E-state index contributed by atoms with van der Waals surface area (Å²) in [4.78, 5) is 16.1. The lowest BCUT2D eigenvalue weighted by atomic mass is 10.2. The van der Waals surface area contributed by atoms with Crippen molar-refractivity contribution in [1.29, 1.82) is 0 Å². The lowest BCUT2D eigenvalue weighted by molar-refractivity contribution is -0.132. The summed E-state index contributed by atoms with van der Waals surface area (Å²) in [6.07, 6.45) is 0.856. The molecule has 0 saturated carbocycles. The van der Waals surface area contributed by atoms with Crippen molar-refractivity contribution in [3.63, 3.8) is 0 Å². The van der Waals surface area contributed by atoms with Gasteiger partial charge in [-0.25, -0.2) is 0 Å². The average molecular weight is 322 g/mol. The van der Waals surface area contributed by atoms with Gasteiger partial charge >= 0.3 is 0 Å². The lowest BCUT2D eigenvalue weighted by Crippen LogP contribution is -2.41. The summed E-state index contributed by atoms with van der Waals surface area (Å²) in [7, 11) is 5.09. The number of carbonyl (C=O) groups excluding carboxylic acids is 1. The second-order valence-corrected chi connectivity index (χ2v) is 5.96. The number of likely N-dealkylation sites (tertiary alicyclic amines) is 1. The van der Waals surface area contributed by atoms with Gasteiger partial charge < -0.3 is 19.5 Å². The van der Waals surface area contributed by atoms with E-state index in [1.54, 1.807) is 26.2 Å². The fraction of sp³-hybridized carbons (Fsp3) is 0.588. The van der Waals surface area contributed by atoms with Crippen LogP contribution in [0.2, 0.25) is 0 Å². The molecule has 2 rings (SSSR count). The second kappa shape index (κ2) is 8.29. The van der Waals surface area contributed by atoms with Gasteiger partial charge in [0.2, 0.25) is 5.91 Å². The van der Waals surface area contributed by atoms with Crippen LogP contribution in [-0.4, -0.2) is 73.9 Å². The molecule has 1 aromatic carbocycles. The highest BCUT2D eigenvalue weighted by molar-refractivity contribution is 5.78. The van der Waals surface area contributed by atoms with Gasteiger partial charge in [0, 0.05) is 33.3 Å². The summed E-state index contributed by atoms with van der Waals surface area (Å²) in [5.74, 6) is 0.840. The van der Waals surface area contributed by atoms with E-state index in [0.29, 0.717) is 19.6 Å². The van der Waals surface area contributed by atoms with Crippen LogP contribution in [0.3, 0.4) is 0 Å². The monoisotopic (exact) mass is 322 g/mol. The number of rotatable bonds is 7. The molecular formula is C17H26N2O4. The highest BCUT2D eigenvalue weighted by Gasteiger charge is 2.33. The molecule has 1 aromatic rings. The van der Waals surface area contributed by atoms with Crippen LogP contribution in [0.25, 0.3) is 0 Å². The largest absolute Gasteiger partial charge is 0.497 e. The Hall–Kier alpha value is -1.63. The molecule has 1 aliphatic heterocycles. The SMILES string of the molecule is COc1ccc(CN(C)C(=O)CN2C[C@@H](OC)C[C@H]2CO)cc1. The minimum Gasteiger partial charge on any atom is -0.497 e. The molecule has 23 heavy (non-hydrogen) atoms. The molecule has 6 nitrogen and oxygen atoms in total. The summed E-state index contributed by atoms with van der Waals surface area (Å²) in [5, 5.41) is 9.45. The summed E-state index contributed by atoms with van der Waals surface area (Å²) < 4.78 is 10.5. The number of aliphatic hydroxyl groups excluding tert-OH is 1. The van der Waals surface area contributed by atoms with E-state index in [-0.39, 0.29) is 24.7 Å². The van der Waals surface area contributed by atoms with Gasteiger partial charge in [-0.15, -0.1) is 0 Å². The predicted molar refractivity (Wildman–Crippen MR) is 87.3 cm³/mol. The van der Waals surface area contributed by atoms with Crippen LogP contribution >= 0.6 is 0 Å². The third kappa shape index (κ3) is 4.67. The third-order valence-electron chi connectivity index (χ3n) is 4.38. The number of hydrogen-bond donors (Lipinski definition) is 1. The highest BCUT2D eigenvalue weighted by Crippen LogP contribution is 2.20. The Morgan fingerprint density at radius 2 is 2.04 bits per heavy atom. The first-order valence-corrected chi connectivity index (χ1v) is 7.82. The Labute approximate surface area is 137 Å². The molecule has 0 aliphatic carbocycles. The van der Waals surface area contributed by atoms with Crippen LogP contribution in [0.15, 0.2) is 24.3 Å². The number of amides is 1. The molecule has 6 heteroatoms. The van der Waals surface area contributed by atoms with Crippen molar-refractivity contribution in [2.45, 2.75) is 25.1 Å². The van der Waals surface area contributed by atoms with Crippen molar-refractivity contribution >= 4 is 5.91 Å². The minimum atomic E-state index is -0.00159.